The number of nitrogen functional groups attached to an aromatic ring is 1. The second-order valence-corrected chi connectivity index (χ2v) is 5.84. The van der Waals surface area contributed by atoms with E-state index in [0.29, 0.717) is 12.6 Å². The van der Waals surface area contributed by atoms with Gasteiger partial charge in [0.25, 0.3) is 0 Å². The fourth-order valence-electron chi connectivity index (χ4n) is 1.92. The Kier molecular flexibility index (Phi) is 6.02. The molecule has 112 valence electrons. The highest BCUT2D eigenvalue weighted by Gasteiger charge is 2.18. The predicted octanol–water partition coefficient (Wildman–Crippen LogP) is 2.35. The quantitative estimate of drug-likeness (QED) is 0.812. The summed E-state index contributed by atoms with van der Waals surface area (Å²) in [4.78, 5) is 16.2. The van der Waals surface area contributed by atoms with Gasteiger partial charge < -0.3 is 10.6 Å². The van der Waals surface area contributed by atoms with E-state index in [0.717, 1.165) is 17.8 Å². The fraction of sp³-hybridized carbons (Fsp3) is 0.562. The highest BCUT2D eigenvalue weighted by atomic mass is 16.2. The molecule has 4 heteroatoms. The molecular weight excluding hydrogens is 250 g/mol. The van der Waals surface area contributed by atoms with Crippen LogP contribution in [0.5, 0.6) is 0 Å². The number of carbonyl (C=O) groups excluding carboxylic acids is 1. The van der Waals surface area contributed by atoms with Crippen LogP contribution in [0.25, 0.3) is 0 Å². The number of benzene rings is 1. The minimum atomic E-state index is 0.151. The molecule has 0 radical (unpaired) electrons. The lowest BCUT2D eigenvalue weighted by atomic mass is 10.1. The van der Waals surface area contributed by atoms with Gasteiger partial charge in [0.15, 0.2) is 0 Å². The van der Waals surface area contributed by atoms with E-state index in [9.17, 15) is 4.79 Å². The molecule has 0 fully saturated rings. The van der Waals surface area contributed by atoms with E-state index in [1.54, 1.807) is 4.90 Å². The third-order valence-corrected chi connectivity index (χ3v) is 3.57. The van der Waals surface area contributed by atoms with Crippen LogP contribution in [0.2, 0.25) is 0 Å². The van der Waals surface area contributed by atoms with E-state index >= 15 is 0 Å². The standard InChI is InChI=1S/C16H27N3O/c1-12(2)18(5)16(20)11-19(13(3)4)10-14-7-6-8-15(17)9-14/h6-9,12-13H,10-11,17H2,1-5H3. The number of hydrogen-bond donors (Lipinski definition) is 1. The fourth-order valence-corrected chi connectivity index (χ4v) is 1.92. The van der Waals surface area contributed by atoms with Crippen LogP contribution in [0.1, 0.15) is 33.3 Å². The molecule has 0 aliphatic heterocycles. The maximum atomic E-state index is 12.2. The average Bonchev–Trinajstić information content (AvgIpc) is 2.36. The number of carbonyl (C=O) groups is 1. The lowest BCUT2D eigenvalue weighted by Gasteiger charge is -2.29. The number of rotatable bonds is 6. The lowest BCUT2D eigenvalue weighted by molar-refractivity contribution is -0.133. The van der Waals surface area contributed by atoms with Gasteiger partial charge in [0.2, 0.25) is 5.91 Å². The van der Waals surface area contributed by atoms with Gasteiger partial charge >= 0.3 is 0 Å². The smallest absolute Gasteiger partial charge is 0.236 e. The Bertz CT molecular complexity index is 443. The zero-order chi connectivity index (χ0) is 15.3. The predicted molar refractivity (Wildman–Crippen MR) is 84.3 cm³/mol. The zero-order valence-corrected chi connectivity index (χ0v) is 13.3. The van der Waals surface area contributed by atoms with E-state index in [1.807, 2.05) is 45.2 Å². The Morgan fingerprint density at radius 2 is 1.85 bits per heavy atom. The number of amides is 1. The molecule has 1 amide bonds. The summed E-state index contributed by atoms with van der Waals surface area (Å²) in [5.41, 5.74) is 7.70. The van der Waals surface area contributed by atoms with E-state index < -0.39 is 0 Å². The number of likely N-dealkylation sites (N-methyl/N-ethyl adjacent to an activating group) is 1. The molecule has 4 nitrogen and oxygen atoms in total. The van der Waals surface area contributed by atoms with Crippen LogP contribution in [-0.2, 0) is 11.3 Å². The molecule has 0 aromatic heterocycles. The van der Waals surface area contributed by atoms with Crippen LogP contribution >= 0.6 is 0 Å². The number of nitrogens with zero attached hydrogens (tertiary/aromatic N) is 2. The van der Waals surface area contributed by atoms with Crippen molar-refractivity contribution in [3.8, 4) is 0 Å². The first-order valence-electron chi connectivity index (χ1n) is 7.15. The first-order chi connectivity index (χ1) is 9.31. The van der Waals surface area contributed by atoms with Gasteiger partial charge in [0.05, 0.1) is 6.54 Å². The summed E-state index contributed by atoms with van der Waals surface area (Å²) in [6.45, 7) is 9.43. The summed E-state index contributed by atoms with van der Waals surface area (Å²) in [7, 11) is 1.85. The molecule has 0 aliphatic carbocycles. The van der Waals surface area contributed by atoms with Gasteiger partial charge in [-0.3, -0.25) is 9.69 Å². The van der Waals surface area contributed by atoms with E-state index in [-0.39, 0.29) is 11.9 Å². The highest BCUT2D eigenvalue weighted by Crippen LogP contribution is 2.12. The molecule has 0 bridgehead atoms. The molecule has 0 spiro atoms. The Balaban J connectivity index is 2.73. The van der Waals surface area contributed by atoms with Crippen molar-refractivity contribution in [2.45, 2.75) is 46.3 Å². The van der Waals surface area contributed by atoms with Crippen molar-refractivity contribution in [3.63, 3.8) is 0 Å². The number of anilines is 1. The Hall–Kier alpha value is -1.55. The minimum Gasteiger partial charge on any atom is -0.399 e. The van der Waals surface area contributed by atoms with Gasteiger partial charge in [-0.15, -0.1) is 0 Å². The van der Waals surface area contributed by atoms with Crippen LogP contribution in [0.3, 0.4) is 0 Å². The summed E-state index contributed by atoms with van der Waals surface area (Å²) in [6.07, 6.45) is 0. The first kappa shape index (κ1) is 16.5. The van der Waals surface area contributed by atoms with Gasteiger partial charge in [-0.1, -0.05) is 12.1 Å². The SMILES string of the molecule is CC(C)N(CC(=O)N(C)C(C)C)Cc1cccc(N)c1. The normalized spacial score (nSPS) is 11.4. The van der Waals surface area contributed by atoms with Crippen molar-refractivity contribution < 1.29 is 4.79 Å². The monoisotopic (exact) mass is 277 g/mol. The summed E-state index contributed by atoms with van der Waals surface area (Å²) < 4.78 is 0. The van der Waals surface area contributed by atoms with Crippen molar-refractivity contribution in [2.75, 3.05) is 19.3 Å². The second kappa shape index (κ2) is 7.29. The molecule has 1 aromatic carbocycles. The van der Waals surface area contributed by atoms with Crippen LogP contribution in [-0.4, -0.2) is 41.4 Å². The van der Waals surface area contributed by atoms with Crippen LogP contribution in [0, 0.1) is 0 Å². The molecule has 20 heavy (non-hydrogen) atoms. The molecular formula is C16H27N3O. The van der Waals surface area contributed by atoms with Crippen molar-refractivity contribution >= 4 is 11.6 Å². The number of nitrogens with two attached hydrogens (primary N) is 1. The maximum Gasteiger partial charge on any atom is 0.236 e. The summed E-state index contributed by atoms with van der Waals surface area (Å²) in [5, 5.41) is 0. The van der Waals surface area contributed by atoms with Gasteiger partial charge in [0, 0.05) is 31.4 Å². The van der Waals surface area contributed by atoms with Crippen LogP contribution in [0.15, 0.2) is 24.3 Å². The third-order valence-electron chi connectivity index (χ3n) is 3.57. The van der Waals surface area contributed by atoms with Gasteiger partial charge in [0.1, 0.15) is 0 Å². The Labute approximate surface area is 122 Å². The first-order valence-corrected chi connectivity index (χ1v) is 7.15. The molecule has 2 N–H and O–H groups in total. The largest absolute Gasteiger partial charge is 0.399 e. The van der Waals surface area contributed by atoms with Crippen LogP contribution < -0.4 is 5.73 Å². The molecule has 0 aliphatic rings. The molecule has 0 saturated heterocycles. The van der Waals surface area contributed by atoms with E-state index in [1.165, 1.54) is 0 Å². The van der Waals surface area contributed by atoms with Crippen molar-refractivity contribution in [1.82, 2.24) is 9.80 Å². The van der Waals surface area contributed by atoms with E-state index in [4.69, 9.17) is 5.73 Å². The third kappa shape index (κ3) is 4.85. The van der Waals surface area contributed by atoms with Crippen molar-refractivity contribution in [1.29, 1.82) is 0 Å². The lowest BCUT2D eigenvalue weighted by Crippen LogP contribution is -2.43. The topological polar surface area (TPSA) is 49.6 Å². The zero-order valence-electron chi connectivity index (χ0n) is 13.3. The van der Waals surface area contributed by atoms with Gasteiger partial charge in [-0.25, -0.2) is 0 Å². The molecule has 1 rings (SSSR count). The van der Waals surface area contributed by atoms with Gasteiger partial charge in [-0.2, -0.15) is 0 Å². The van der Waals surface area contributed by atoms with Crippen LogP contribution in [0.4, 0.5) is 5.69 Å². The van der Waals surface area contributed by atoms with Crippen molar-refractivity contribution in [3.05, 3.63) is 29.8 Å². The minimum absolute atomic E-state index is 0.151. The average molecular weight is 277 g/mol. The molecule has 0 unspecified atom stereocenters. The molecule has 1 aromatic rings. The summed E-state index contributed by atoms with van der Waals surface area (Å²) in [6, 6.07) is 8.37. The Morgan fingerprint density at radius 1 is 1.20 bits per heavy atom. The second-order valence-electron chi connectivity index (χ2n) is 5.84. The molecule has 0 saturated carbocycles. The van der Waals surface area contributed by atoms with Crippen molar-refractivity contribution in [2.24, 2.45) is 0 Å². The number of hydrogen-bond acceptors (Lipinski definition) is 3. The Morgan fingerprint density at radius 3 is 2.35 bits per heavy atom. The molecule has 0 atom stereocenters. The highest BCUT2D eigenvalue weighted by molar-refractivity contribution is 5.78. The van der Waals surface area contributed by atoms with E-state index in [2.05, 4.69) is 18.7 Å². The summed E-state index contributed by atoms with van der Waals surface area (Å²) >= 11 is 0. The van der Waals surface area contributed by atoms with Gasteiger partial charge in [-0.05, 0) is 45.4 Å². The maximum absolute atomic E-state index is 12.2. The summed E-state index contributed by atoms with van der Waals surface area (Å²) in [5.74, 6) is 0.151. The molecule has 0 heterocycles.